The standard InChI is InChI=1S/C15H24ClNO5Si/c1-15(2,3)23(4,5)22-8-6-7-17-11(14(20)21)9-10(12(17)16)13(18)19/h9H,6-8H2,1-5H3,(H,18,19)(H,20,21). The first kappa shape index (κ1) is 19.7. The molecule has 1 rings (SSSR count). The summed E-state index contributed by atoms with van der Waals surface area (Å²) < 4.78 is 7.34. The molecule has 0 aliphatic carbocycles. The zero-order valence-electron chi connectivity index (χ0n) is 14.1. The summed E-state index contributed by atoms with van der Waals surface area (Å²) in [5, 5.41) is 18.3. The molecule has 6 nitrogen and oxygen atoms in total. The van der Waals surface area contributed by atoms with E-state index in [9.17, 15) is 14.7 Å². The van der Waals surface area contributed by atoms with Gasteiger partial charge in [-0.25, -0.2) is 9.59 Å². The van der Waals surface area contributed by atoms with E-state index in [-0.39, 0.29) is 21.4 Å². The molecule has 1 aromatic heterocycles. The third-order valence-electron chi connectivity index (χ3n) is 4.28. The number of nitrogens with zero attached hydrogens (tertiary/aromatic N) is 1. The summed E-state index contributed by atoms with van der Waals surface area (Å²) in [4.78, 5) is 22.3. The van der Waals surface area contributed by atoms with Gasteiger partial charge in [0.15, 0.2) is 8.32 Å². The van der Waals surface area contributed by atoms with Crippen LogP contribution in [0.1, 0.15) is 48.0 Å². The third kappa shape index (κ3) is 4.59. The Bertz CT molecular complexity index is 604. The van der Waals surface area contributed by atoms with E-state index in [1.54, 1.807) is 0 Å². The van der Waals surface area contributed by atoms with Gasteiger partial charge in [-0.2, -0.15) is 0 Å². The molecule has 0 aliphatic rings. The highest BCUT2D eigenvalue weighted by molar-refractivity contribution is 6.74. The molecule has 0 fully saturated rings. The fourth-order valence-corrected chi connectivity index (χ4v) is 3.24. The molecule has 0 spiro atoms. The lowest BCUT2D eigenvalue weighted by atomic mass is 10.2. The van der Waals surface area contributed by atoms with Crippen LogP contribution in [0.4, 0.5) is 0 Å². The lowest BCUT2D eigenvalue weighted by Gasteiger charge is -2.36. The van der Waals surface area contributed by atoms with Crippen molar-refractivity contribution in [2.75, 3.05) is 6.61 Å². The van der Waals surface area contributed by atoms with Crippen molar-refractivity contribution in [1.82, 2.24) is 4.57 Å². The third-order valence-corrected chi connectivity index (χ3v) is 9.22. The van der Waals surface area contributed by atoms with Gasteiger partial charge in [-0.3, -0.25) is 0 Å². The van der Waals surface area contributed by atoms with Crippen molar-refractivity contribution in [2.45, 2.75) is 51.9 Å². The number of rotatable bonds is 7. The summed E-state index contributed by atoms with van der Waals surface area (Å²) in [5.41, 5.74) is -0.325. The Morgan fingerprint density at radius 2 is 1.83 bits per heavy atom. The van der Waals surface area contributed by atoms with Gasteiger partial charge in [0.2, 0.25) is 0 Å². The van der Waals surface area contributed by atoms with E-state index in [0.29, 0.717) is 19.6 Å². The van der Waals surface area contributed by atoms with Crippen molar-refractivity contribution >= 4 is 31.9 Å². The minimum absolute atomic E-state index is 0.0674. The van der Waals surface area contributed by atoms with Gasteiger partial charge in [-0.05, 0) is 30.6 Å². The predicted octanol–water partition coefficient (Wildman–Crippen LogP) is 3.95. The van der Waals surface area contributed by atoms with Crippen LogP contribution < -0.4 is 0 Å². The van der Waals surface area contributed by atoms with Crippen LogP contribution in [0.15, 0.2) is 6.07 Å². The van der Waals surface area contributed by atoms with Crippen LogP contribution >= 0.6 is 11.6 Å². The molecular weight excluding hydrogens is 338 g/mol. The molecule has 8 heteroatoms. The Morgan fingerprint density at radius 3 is 2.26 bits per heavy atom. The SMILES string of the molecule is CC(C)(C)[Si](C)(C)OCCCn1c(C(=O)O)cc(C(=O)O)c1Cl. The van der Waals surface area contributed by atoms with Crippen LogP contribution in [0.5, 0.6) is 0 Å². The average Bonchev–Trinajstić information content (AvgIpc) is 2.71. The highest BCUT2D eigenvalue weighted by atomic mass is 35.5. The minimum Gasteiger partial charge on any atom is -0.478 e. The van der Waals surface area contributed by atoms with Gasteiger partial charge in [0.1, 0.15) is 10.8 Å². The van der Waals surface area contributed by atoms with Crippen LogP contribution in [-0.4, -0.2) is 41.6 Å². The molecular formula is C15H24ClNO5Si. The number of carboxylic acids is 2. The smallest absolute Gasteiger partial charge is 0.352 e. The molecule has 0 amide bonds. The summed E-state index contributed by atoms with van der Waals surface area (Å²) in [7, 11) is -1.86. The maximum Gasteiger partial charge on any atom is 0.352 e. The summed E-state index contributed by atoms with van der Waals surface area (Å²) in [6.07, 6.45) is 0.556. The first-order chi connectivity index (χ1) is 10.4. The molecule has 0 aromatic carbocycles. The number of carboxylic acid groups (broad SMARTS) is 2. The van der Waals surface area contributed by atoms with Crippen molar-refractivity contribution < 1.29 is 24.2 Å². The molecule has 130 valence electrons. The minimum atomic E-state index is -1.86. The summed E-state index contributed by atoms with van der Waals surface area (Å²) >= 11 is 6.00. The Hall–Kier alpha value is -1.31. The molecule has 0 saturated carbocycles. The normalized spacial score (nSPS) is 12.4. The van der Waals surface area contributed by atoms with Crippen molar-refractivity contribution in [3.05, 3.63) is 22.5 Å². The van der Waals surface area contributed by atoms with Crippen LogP contribution in [0.3, 0.4) is 0 Å². The maximum atomic E-state index is 11.2. The van der Waals surface area contributed by atoms with Crippen LogP contribution in [0.25, 0.3) is 0 Å². The quantitative estimate of drug-likeness (QED) is 0.567. The Labute approximate surface area is 142 Å². The fourth-order valence-electron chi connectivity index (χ4n) is 1.84. The summed E-state index contributed by atoms with van der Waals surface area (Å²) in [6, 6.07) is 1.09. The van der Waals surface area contributed by atoms with Gasteiger partial charge < -0.3 is 19.2 Å². The van der Waals surface area contributed by atoms with Crippen LogP contribution in [0.2, 0.25) is 23.3 Å². The molecule has 23 heavy (non-hydrogen) atoms. The topological polar surface area (TPSA) is 88.8 Å². The highest BCUT2D eigenvalue weighted by Gasteiger charge is 2.36. The number of carbonyl (C=O) groups is 2. The molecule has 0 atom stereocenters. The second kappa shape index (κ2) is 7.07. The summed E-state index contributed by atoms with van der Waals surface area (Å²) in [5.74, 6) is -2.45. The summed E-state index contributed by atoms with van der Waals surface area (Å²) in [6.45, 7) is 11.5. The predicted molar refractivity (Wildman–Crippen MR) is 91.1 cm³/mol. The molecule has 2 N–H and O–H groups in total. The molecule has 1 aromatic rings. The largest absolute Gasteiger partial charge is 0.478 e. The highest BCUT2D eigenvalue weighted by Crippen LogP contribution is 2.36. The van der Waals surface area contributed by atoms with Gasteiger partial charge in [-0.1, -0.05) is 32.4 Å². The first-order valence-electron chi connectivity index (χ1n) is 7.38. The molecule has 0 bridgehead atoms. The van der Waals surface area contributed by atoms with E-state index < -0.39 is 20.3 Å². The van der Waals surface area contributed by atoms with Gasteiger partial charge >= 0.3 is 11.9 Å². The molecule has 0 saturated heterocycles. The van der Waals surface area contributed by atoms with Crippen LogP contribution in [-0.2, 0) is 11.0 Å². The maximum absolute atomic E-state index is 11.2. The van der Waals surface area contributed by atoms with E-state index in [2.05, 4.69) is 33.9 Å². The molecule has 0 aliphatic heterocycles. The number of hydrogen-bond donors (Lipinski definition) is 2. The number of hydrogen-bond acceptors (Lipinski definition) is 3. The second-order valence-corrected chi connectivity index (χ2v) is 12.1. The molecule has 0 unspecified atom stereocenters. The molecule has 0 radical (unpaired) electrons. The van der Waals surface area contributed by atoms with Gasteiger partial charge in [0.25, 0.3) is 0 Å². The average molecular weight is 362 g/mol. The first-order valence-corrected chi connectivity index (χ1v) is 10.7. The number of aromatic nitrogens is 1. The van der Waals surface area contributed by atoms with Crippen molar-refractivity contribution in [1.29, 1.82) is 0 Å². The lowest BCUT2D eigenvalue weighted by Crippen LogP contribution is -2.41. The van der Waals surface area contributed by atoms with E-state index in [0.717, 1.165) is 6.07 Å². The number of aromatic carboxylic acids is 2. The van der Waals surface area contributed by atoms with E-state index in [1.165, 1.54) is 4.57 Å². The molecule has 1 heterocycles. The van der Waals surface area contributed by atoms with E-state index >= 15 is 0 Å². The Kier molecular flexibility index (Phi) is 6.06. The van der Waals surface area contributed by atoms with Crippen molar-refractivity contribution in [2.24, 2.45) is 0 Å². The zero-order valence-corrected chi connectivity index (χ0v) is 15.9. The van der Waals surface area contributed by atoms with Crippen LogP contribution in [0, 0.1) is 0 Å². The van der Waals surface area contributed by atoms with Gasteiger partial charge in [0.05, 0.1) is 5.56 Å². The lowest BCUT2D eigenvalue weighted by molar-refractivity contribution is 0.0681. The van der Waals surface area contributed by atoms with Gasteiger partial charge in [-0.15, -0.1) is 0 Å². The zero-order chi connectivity index (χ0) is 18.0. The second-order valence-electron chi connectivity index (χ2n) is 6.96. The monoisotopic (exact) mass is 361 g/mol. The number of halogens is 1. The fraction of sp³-hybridized carbons (Fsp3) is 0.600. The van der Waals surface area contributed by atoms with E-state index in [4.69, 9.17) is 21.1 Å². The van der Waals surface area contributed by atoms with Gasteiger partial charge in [0, 0.05) is 13.2 Å². The van der Waals surface area contributed by atoms with Crippen molar-refractivity contribution in [3.8, 4) is 0 Å². The van der Waals surface area contributed by atoms with E-state index in [1.807, 2.05) is 0 Å². The Morgan fingerprint density at radius 1 is 1.26 bits per heavy atom. The Balaban J connectivity index is 2.79. The van der Waals surface area contributed by atoms with Crippen molar-refractivity contribution in [3.63, 3.8) is 0 Å².